The zero-order valence-electron chi connectivity index (χ0n) is 11.0. The molecule has 96 valence electrons. The minimum absolute atomic E-state index is 0.0786. The first-order chi connectivity index (χ1) is 7.84. The van der Waals surface area contributed by atoms with E-state index in [1.807, 2.05) is 39.8 Å². The third kappa shape index (κ3) is 4.09. The third-order valence-corrected chi connectivity index (χ3v) is 3.92. The van der Waals surface area contributed by atoms with Crippen LogP contribution in [-0.2, 0) is 11.0 Å². The van der Waals surface area contributed by atoms with E-state index in [0.717, 1.165) is 5.69 Å². The summed E-state index contributed by atoms with van der Waals surface area (Å²) in [6, 6.07) is 5.47. The lowest BCUT2D eigenvalue weighted by molar-refractivity contribution is 0.395. The highest BCUT2D eigenvalue weighted by Crippen LogP contribution is 2.17. The number of hydrogen-bond acceptors (Lipinski definition) is 3. The molecule has 5 heteroatoms. The Morgan fingerprint density at radius 2 is 2.06 bits per heavy atom. The molecule has 0 aliphatic heterocycles. The van der Waals surface area contributed by atoms with Gasteiger partial charge in [0.2, 0.25) is 5.88 Å². The molecule has 0 amide bonds. The molecule has 0 aromatic carbocycles. The first kappa shape index (κ1) is 14.1. The smallest absolute Gasteiger partial charge is 0.213 e. The number of methoxy groups -OCH3 is 1. The van der Waals surface area contributed by atoms with Crippen molar-refractivity contribution in [2.24, 2.45) is 0 Å². The van der Waals surface area contributed by atoms with Crippen molar-refractivity contribution in [2.45, 2.75) is 38.5 Å². The SMILES string of the molecule is COc1cccc([C@@H](C)NS(=O)C(C)(C)C)n1. The number of hydrogen-bond donors (Lipinski definition) is 1. The standard InChI is InChI=1S/C12H20N2O2S/c1-9(14-17(15)12(2,3)4)10-7-6-8-11(13-10)16-5/h6-9,14H,1-5H3/t9-,17?/m1/s1. The van der Waals surface area contributed by atoms with Gasteiger partial charge in [0.15, 0.2) is 0 Å². The molecule has 0 spiro atoms. The van der Waals surface area contributed by atoms with Crippen LogP contribution in [0.15, 0.2) is 18.2 Å². The quantitative estimate of drug-likeness (QED) is 0.898. The molecule has 1 N–H and O–H groups in total. The van der Waals surface area contributed by atoms with E-state index in [4.69, 9.17) is 4.74 Å². The summed E-state index contributed by atoms with van der Waals surface area (Å²) < 4.78 is 19.8. The van der Waals surface area contributed by atoms with E-state index in [-0.39, 0.29) is 10.8 Å². The highest BCUT2D eigenvalue weighted by atomic mass is 32.2. The van der Waals surface area contributed by atoms with Gasteiger partial charge in [-0.25, -0.2) is 13.9 Å². The first-order valence-corrected chi connectivity index (χ1v) is 6.68. The van der Waals surface area contributed by atoms with Crippen LogP contribution in [0.1, 0.15) is 39.4 Å². The van der Waals surface area contributed by atoms with E-state index < -0.39 is 11.0 Å². The molecule has 1 heterocycles. The zero-order chi connectivity index (χ0) is 13.1. The van der Waals surface area contributed by atoms with Crippen molar-refractivity contribution in [3.8, 4) is 5.88 Å². The Hall–Kier alpha value is -0.940. The van der Waals surface area contributed by atoms with Crippen LogP contribution in [0.4, 0.5) is 0 Å². The highest BCUT2D eigenvalue weighted by molar-refractivity contribution is 7.84. The average Bonchev–Trinajstić information content (AvgIpc) is 2.27. The number of nitrogens with one attached hydrogen (secondary N) is 1. The number of aromatic nitrogens is 1. The topological polar surface area (TPSA) is 51.2 Å². The van der Waals surface area contributed by atoms with Crippen molar-refractivity contribution in [1.82, 2.24) is 9.71 Å². The lowest BCUT2D eigenvalue weighted by Crippen LogP contribution is -2.35. The predicted molar refractivity (Wildman–Crippen MR) is 70.2 cm³/mol. The fourth-order valence-electron chi connectivity index (χ4n) is 1.18. The summed E-state index contributed by atoms with van der Waals surface area (Å²) in [7, 11) is 0.474. The highest BCUT2D eigenvalue weighted by Gasteiger charge is 2.22. The molecule has 2 atom stereocenters. The van der Waals surface area contributed by atoms with E-state index in [9.17, 15) is 4.21 Å². The zero-order valence-corrected chi connectivity index (χ0v) is 11.8. The molecule has 4 nitrogen and oxygen atoms in total. The molecule has 0 saturated heterocycles. The maximum Gasteiger partial charge on any atom is 0.213 e. The second-order valence-electron chi connectivity index (χ2n) is 4.83. The van der Waals surface area contributed by atoms with E-state index in [1.165, 1.54) is 0 Å². The monoisotopic (exact) mass is 256 g/mol. The van der Waals surface area contributed by atoms with Crippen molar-refractivity contribution in [1.29, 1.82) is 0 Å². The van der Waals surface area contributed by atoms with Crippen molar-refractivity contribution in [2.75, 3.05) is 7.11 Å². The molecule has 1 aromatic rings. The molecular weight excluding hydrogens is 236 g/mol. The second-order valence-corrected chi connectivity index (χ2v) is 6.82. The van der Waals surface area contributed by atoms with E-state index in [2.05, 4.69) is 9.71 Å². The van der Waals surface area contributed by atoms with Crippen LogP contribution in [0.25, 0.3) is 0 Å². The molecule has 0 radical (unpaired) electrons. The number of ether oxygens (including phenoxy) is 1. The summed E-state index contributed by atoms with van der Waals surface area (Å²) in [5, 5.41) is 0. The van der Waals surface area contributed by atoms with Gasteiger partial charge in [-0.3, -0.25) is 0 Å². The first-order valence-electron chi connectivity index (χ1n) is 5.53. The Labute approximate surface area is 105 Å². The molecule has 0 aliphatic rings. The van der Waals surface area contributed by atoms with Crippen LogP contribution in [0.5, 0.6) is 5.88 Å². The summed E-state index contributed by atoms with van der Waals surface area (Å²) in [5.74, 6) is 0.567. The van der Waals surface area contributed by atoms with Crippen LogP contribution < -0.4 is 9.46 Å². The predicted octanol–water partition coefficient (Wildman–Crippen LogP) is 2.20. The van der Waals surface area contributed by atoms with Crippen LogP contribution in [-0.4, -0.2) is 21.0 Å². The van der Waals surface area contributed by atoms with Gasteiger partial charge in [-0.1, -0.05) is 6.07 Å². The van der Waals surface area contributed by atoms with Crippen molar-refractivity contribution in [3.63, 3.8) is 0 Å². The molecule has 1 unspecified atom stereocenters. The van der Waals surface area contributed by atoms with Gasteiger partial charge in [0.05, 0.1) is 34.6 Å². The second kappa shape index (κ2) is 5.60. The van der Waals surface area contributed by atoms with Crippen LogP contribution in [0.3, 0.4) is 0 Å². The van der Waals surface area contributed by atoms with Crippen molar-refractivity contribution in [3.05, 3.63) is 23.9 Å². The van der Waals surface area contributed by atoms with Crippen LogP contribution in [0.2, 0.25) is 0 Å². The lowest BCUT2D eigenvalue weighted by atomic mass is 10.2. The Balaban J connectivity index is 2.76. The number of pyridine rings is 1. The molecular formula is C12H20N2O2S. The van der Waals surface area contributed by atoms with Gasteiger partial charge in [-0.15, -0.1) is 0 Å². The van der Waals surface area contributed by atoms with E-state index in [0.29, 0.717) is 5.88 Å². The van der Waals surface area contributed by atoms with E-state index in [1.54, 1.807) is 13.2 Å². The van der Waals surface area contributed by atoms with E-state index >= 15 is 0 Å². The molecule has 0 saturated carbocycles. The van der Waals surface area contributed by atoms with Crippen molar-refractivity contribution >= 4 is 11.0 Å². The van der Waals surface area contributed by atoms with Gasteiger partial charge in [0, 0.05) is 6.07 Å². The Kier molecular flexibility index (Phi) is 4.65. The average molecular weight is 256 g/mol. The van der Waals surface area contributed by atoms with Gasteiger partial charge in [-0.2, -0.15) is 0 Å². The third-order valence-electron chi connectivity index (χ3n) is 2.24. The Bertz CT molecular complexity index is 402. The molecule has 1 rings (SSSR count). The maximum absolute atomic E-state index is 11.9. The number of rotatable bonds is 4. The van der Waals surface area contributed by atoms with Gasteiger partial charge in [0.1, 0.15) is 0 Å². The molecule has 0 aliphatic carbocycles. The number of nitrogens with zero attached hydrogens (tertiary/aromatic N) is 1. The van der Waals surface area contributed by atoms with Gasteiger partial charge in [0.25, 0.3) is 0 Å². The molecule has 0 bridgehead atoms. The fraction of sp³-hybridized carbons (Fsp3) is 0.583. The summed E-state index contributed by atoms with van der Waals surface area (Å²) in [4.78, 5) is 4.31. The Morgan fingerprint density at radius 3 is 2.59 bits per heavy atom. The van der Waals surface area contributed by atoms with Gasteiger partial charge in [-0.05, 0) is 33.8 Å². The summed E-state index contributed by atoms with van der Waals surface area (Å²) in [6.07, 6.45) is 0. The minimum atomic E-state index is -1.11. The summed E-state index contributed by atoms with van der Waals surface area (Å²) in [6.45, 7) is 7.73. The van der Waals surface area contributed by atoms with Crippen molar-refractivity contribution < 1.29 is 8.95 Å². The summed E-state index contributed by atoms with van der Waals surface area (Å²) >= 11 is 0. The molecule has 1 aromatic heterocycles. The van der Waals surface area contributed by atoms with Gasteiger partial charge >= 0.3 is 0 Å². The fourth-order valence-corrected chi connectivity index (χ4v) is 1.98. The normalized spacial score (nSPS) is 15.4. The lowest BCUT2D eigenvalue weighted by Gasteiger charge is -2.21. The molecule has 0 fully saturated rings. The maximum atomic E-state index is 11.9. The van der Waals surface area contributed by atoms with Crippen LogP contribution in [0, 0.1) is 0 Å². The largest absolute Gasteiger partial charge is 0.481 e. The molecule has 17 heavy (non-hydrogen) atoms. The summed E-state index contributed by atoms with van der Waals surface area (Å²) in [5.41, 5.74) is 0.821. The Morgan fingerprint density at radius 1 is 1.41 bits per heavy atom. The van der Waals surface area contributed by atoms with Crippen LogP contribution >= 0.6 is 0 Å². The minimum Gasteiger partial charge on any atom is -0.481 e. The van der Waals surface area contributed by atoms with Gasteiger partial charge < -0.3 is 4.74 Å².